The Labute approximate surface area is 164 Å². The zero-order chi connectivity index (χ0) is 18.1. The summed E-state index contributed by atoms with van der Waals surface area (Å²) in [6.45, 7) is 3.10. The Morgan fingerprint density at radius 2 is 1.74 bits per heavy atom. The van der Waals surface area contributed by atoms with Gasteiger partial charge in [0.15, 0.2) is 0 Å². The number of piperazine rings is 1. The molecule has 1 aliphatic heterocycles. The van der Waals surface area contributed by atoms with Gasteiger partial charge in [0, 0.05) is 31.6 Å². The molecular weight excluding hydrogens is 384 g/mol. The van der Waals surface area contributed by atoms with Crippen molar-refractivity contribution in [1.29, 1.82) is 5.26 Å². The SMILES string of the molecule is Cl.N#Cc1cccc(S(=O)(=O)n2c(N3CCNCC3)cc3ccccc32)c1. The maximum Gasteiger partial charge on any atom is 0.269 e. The van der Waals surface area contributed by atoms with Crippen LogP contribution in [0, 0.1) is 11.3 Å². The van der Waals surface area contributed by atoms with E-state index in [4.69, 9.17) is 5.26 Å². The minimum atomic E-state index is -3.83. The topological polar surface area (TPSA) is 78.1 Å². The van der Waals surface area contributed by atoms with Gasteiger partial charge in [0.05, 0.1) is 22.0 Å². The standard InChI is InChI=1S/C19H18N4O2S.ClH/c20-14-15-4-3-6-17(12-15)26(24,25)23-18-7-2-1-5-16(18)13-19(23)22-10-8-21-9-11-22;/h1-7,12-13,21H,8-11H2;1H. The minimum absolute atomic E-state index is 0. The molecule has 0 radical (unpaired) electrons. The van der Waals surface area contributed by atoms with Crippen LogP contribution in [0.5, 0.6) is 0 Å². The van der Waals surface area contributed by atoms with Crippen molar-refractivity contribution in [3.63, 3.8) is 0 Å². The molecule has 1 aromatic heterocycles. The molecule has 3 aromatic rings. The minimum Gasteiger partial charge on any atom is -0.355 e. The van der Waals surface area contributed by atoms with Crippen LogP contribution in [0.2, 0.25) is 0 Å². The average Bonchev–Trinajstić information content (AvgIpc) is 3.09. The largest absolute Gasteiger partial charge is 0.355 e. The van der Waals surface area contributed by atoms with Crippen molar-refractivity contribution in [2.75, 3.05) is 31.1 Å². The summed E-state index contributed by atoms with van der Waals surface area (Å²) in [5.74, 6) is 0.662. The zero-order valence-electron chi connectivity index (χ0n) is 14.5. The van der Waals surface area contributed by atoms with E-state index >= 15 is 0 Å². The van der Waals surface area contributed by atoms with Crippen LogP contribution in [0.25, 0.3) is 10.9 Å². The molecule has 4 rings (SSSR count). The van der Waals surface area contributed by atoms with E-state index in [9.17, 15) is 8.42 Å². The first kappa shape index (κ1) is 19.2. The van der Waals surface area contributed by atoms with Gasteiger partial charge in [-0.2, -0.15) is 5.26 Å². The Morgan fingerprint density at radius 1 is 1.00 bits per heavy atom. The maximum atomic E-state index is 13.5. The second-order valence-electron chi connectivity index (χ2n) is 6.21. The molecular formula is C19H19ClN4O2S. The second-order valence-corrected chi connectivity index (χ2v) is 7.99. The van der Waals surface area contributed by atoms with Crippen LogP contribution < -0.4 is 10.2 Å². The predicted molar refractivity (Wildman–Crippen MR) is 108 cm³/mol. The quantitative estimate of drug-likeness (QED) is 0.728. The van der Waals surface area contributed by atoms with Gasteiger partial charge in [-0.25, -0.2) is 12.4 Å². The number of rotatable bonds is 3. The summed E-state index contributed by atoms with van der Waals surface area (Å²) in [6.07, 6.45) is 0. The summed E-state index contributed by atoms with van der Waals surface area (Å²) >= 11 is 0. The van der Waals surface area contributed by atoms with Crippen molar-refractivity contribution < 1.29 is 8.42 Å². The van der Waals surface area contributed by atoms with Gasteiger partial charge in [-0.05, 0) is 30.3 Å². The molecule has 1 N–H and O–H groups in total. The van der Waals surface area contributed by atoms with E-state index in [0.717, 1.165) is 31.6 Å². The highest BCUT2D eigenvalue weighted by Gasteiger charge is 2.26. The maximum absolute atomic E-state index is 13.5. The zero-order valence-corrected chi connectivity index (χ0v) is 16.1. The van der Waals surface area contributed by atoms with Crippen molar-refractivity contribution in [3.8, 4) is 6.07 Å². The van der Waals surface area contributed by atoms with Crippen molar-refractivity contribution in [1.82, 2.24) is 9.29 Å². The number of nitrogens with one attached hydrogen (secondary N) is 1. The summed E-state index contributed by atoms with van der Waals surface area (Å²) in [7, 11) is -3.83. The van der Waals surface area contributed by atoms with Crippen LogP contribution in [0.3, 0.4) is 0 Å². The van der Waals surface area contributed by atoms with E-state index < -0.39 is 10.0 Å². The molecule has 0 amide bonds. The van der Waals surface area contributed by atoms with Gasteiger partial charge in [0.2, 0.25) is 0 Å². The average molecular weight is 403 g/mol. The highest BCUT2D eigenvalue weighted by molar-refractivity contribution is 7.90. The van der Waals surface area contributed by atoms with Gasteiger partial charge in [0.1, 0.15) is 5.82 Å². The third-order valence-electron chi connectivity index (χ3n) is 4.59. The molecule has 0 unspecified atom stereocenters. The van der Waals surface area contributed by atoms with Crippen LogP contribution in [-0.2, 0) is 10.0 Å². The van der Waals surface area contributed by atoms with Crippen molar-refractivity contribution in [2.45, 2.75) is 4.90 Å². The fourth-order valence-corrected chi connectivity index (χ4v) is 4.89. The lowest BCUT2D eigenvalue weighted by Gasteiger charge is -2.30. The molecule has 0 atom stereocenters. The summed E-state index contributed by atoms with van der Waals surface area (Å²) in [4.78, 5) is 2.21. The summed E-state index contributed by atoms with van der Waals surface area (Å²) in [5.41, 5.74) is 0.967. The van der Waals surface area contributed by atoms with E-state index in [1.165, 1.54) is 16.1 Å². The molecule has 0 saturated carbocycles. The molecule has 0 bridgehead atoms. The molecule has 0 aliphatic carbocycles. The van der Waals surface area contributed by atoms with Crippen molar-refractivity contribution in [2.24, 2.45) is 0 Å². The first-order valence-corrected chi connectivity index (χ1v) is 9.87. The van der Waals surface area contributed by atoms with E-state index in [2.05, 4.69) is 10.2 Å². The Morgan fingerprint density at radius 3 is 2.48 bits per heavy atom. The Bertz CT molecular complexity index is 1110. The highest BCUT2D eigenvalue weighted by atomic mass is 35.5. The van der Waals surface area contributed by atoms with Gasteiger partial charge >= 0.3 is 0 Å². The summed E-state index contributed by atoms with van der Waals surface area (Å²) < 4.78 is 28.3. The van der Waals surface area contributed by atoms with Gasteiger partial charge in [0.25, 0.3) is 10.0 Å². The number of aromatic nitrogens is 1. The van der Waals surface area contributed by atoms with E-state index in [1.807, 2.05) is 36.4 Å². The highest BCUT2D eigenvalue weighted by Crippen LogP contribution is 2.31. The Hall–Kier alpha value is -2.53. The number of nitriles is 1. The lowest BCUT2D eigenvalue weighted by atomic mass is 10.2. The van der Waals surface area contributed by atoms with Gasteiger partial charge in [-0.15, -0.1) is 12.4 Å². The fraction of sp³-hybridized carbons (Fsp3) is 0.211. The van der Waals surface area contributed by atoms with Gasteiger partial charge in [-0.3, -0.25) is 0 Å². The van der Waals surface area contributed by atoms with E-state index in [0.29, 0.717) is 16.9 Å². The number of anilines is 1. The van der Waals surface area contributed by atoms with E-state index in [-0.39, 0.29) is 17.3 Å². The first-order valence-electron chi connectivity index (χ1n) is 8.43. The second kappa shape index (κ2) is 7.61. The van der Waals surface area contributed by atoms with Crippen LogP contribution in [0.1, 0.15) is 5.56 Å². The van der Waals surface area contributed by atoms with Crippen molar-refractivity contribution in [3.05, 3.63) is 60.2 Å². The van der Waals surface area contributed by atoms with Crippen LogP contribution in [0.15, 0.2) is 59.5 Å². The molecule has 2 aromatic carbocycles. The normalized spacial score (nSPS) is 14.6. The third-order valence-corrected chi connectivity index (χ3v) is 6.30. The van der Waals surface area contributed by atoms with Crippen LogP contribution in [-0.4, -0.2) is 38.6 Å². The molecule has 2 heterocycles. The van der Waals surface area contributed by atoms with Crippen LogP contribution in [0.4, 0.5) is 5.82 Å². The number of benzene rings is 2. The lowest BCUT2D eigenvalue weighted by molar-refractivity contribution is 0.573. The van der Waals surface area contributed by atoms with Crippen molar-refractivity contribution >= 4 is 39.2 Å². The molecule has 1 saturated heterocycles. The number of hydrogen-bond acceptors (Lipinski definition) is 5. The van der Waals surface area contributed by atoms with Crippen LogP contribution >= 0.6 is 12.4 Å². The molecule has 1 aliphatic rings. The Balaban J connectivity index is 0.00000210. The number of nitrogens with zero attached hydrogens (tertiary/aromatic N) is 3. The van der Waals surface area contributed by atoms with E-state index in [1.54, 1.807) is 12.1 Å². The number of fused-ring (bicyclic) bond motifs is 1. The monoisotopic (exact) mass is 402 g/mol. The molecule has 8 heteroatoms. The number of hydrogen-bond donors (Lipinski definition) is 1. The smallest absolute Gasteiger partial charge is 0.269 e. The summed E-state index contributed by atoms with van der Waals surface area (Å²) in [6, 6.07) is 17.5. The third kappa shape index (κ3) is 3.39. The van der Waals surface area contributed by atoms with Gasteiger partial charge in [-0.1, -0.05) is 24.3 Å². The molecule has 27 heavy (non-hydrogen) atoms. The first-order chi connectivity index (χ1) is 12.6. The Kier molecular flexibility index (Phi) is 5.42. The number of halogens is 1. The molecule has 0 spiro atoms. The molecule has 6 nitrogen and oxygen atoms in total. The van der Waals surface area contributed by atoms with Gasteiger partial charge < -0.3 is 10.2 Å². The summed E-state index contributed by atoms with van der Waals surface area (Å²) in [5, 5.41) is 13.3. The fourth-order valence-electron chi connectivity index (χ4n) is 3.31. The number of para-hydroxylation sites is 1. The predicted octanol–water partition coefficient (Wildman–Crippen LogP) is 2.58. The lowest BCUT2D eigenvalue weighted by Crippen LogP contribution is -2.44. The molecule has 1 fully saturated rings. The molecule has 140 valence electrons.